The summed E-state index contributed by atoms with van der Waals surface area (Å²) in [5.74, 6) is 0.613. The van der Waals surface area contributed by atoms with Crippen LogP contribution in [0.4, 0.5) is 0 Å². The molecular weight excluding hydrogens is 382 g/mol. The number of pyridine rings is 1. The molecule has 4 heteroatoms. The van der Waals surface area contributed by atoms with Gasteiger partial charge in [-0.2, -0.15) is 0 Å². The first-order valence-corrected chi connectivity index (χ1v) is 11.7. The predicted octanol–water partition coefficient (Wildman–Crippen LogP) is 6.57. The molecular formula is C27H45N3O. The fourth-order valence-corrected chi connectivity index (χ4v) is 2.97. The molecule has 31 heavy (non-hydrogen) atoms. The summed E-state index contributed by atoms with van der Waals surface area (Å²) < 4.78 is 0. The van der Waals surface area contributed by atoms with Crippen molar-refractivity contribution in [2.24, 2.45) is 5.92 Å². The molecule has 0 aliphatic rings. The number of aromatic nitrogens is 3. The highest BCUT2D eigenvalue weighted by Gasteiger charge is 2.17. The molecule has 1 N–H and O–H groups in total. The fraction of sp³-hybridized carbons (Fsp3) is 0.593. The lowest BCUT2D eigenvalue weighted by molar-refractivity contribution is 0.236. The van der Waals surface area contributed by atoms with Crippen LogP contribution < -0.4 is 0 Å². The van der Waals surface area contributed by atoms with Gasteiger partial charge >= 0.3 is 0 Å². The number of terminal acetylenes is 1. The summed E-state index contributed by atoms with van der Waals surface area (Å²) in [6.45, 7) is 20.8. The Hall–Kier alpha value is -2.25. The van der Waals surface area contributed by atoms with Gasteiger partial charge < -0.3 is 5.11 Å². The van der Waals surface area contributed by atoms with Crippen molar-refractivity contribution in [3.63, 3.8) is 0 Å². The van der Waals surface area contributed by atoms with Crippen LogP contribution in [0.15, 0.2) is 12.1 Å². The van der Waals surface area contributed by atoms with E-state index < -0.39 is 0 Å². The number of aryl methyl sites for hydroxylation is 3. The van der Waals surface area contributed by atoms with E-state index in [1.54, 1.807) is 0 Å². The Morgan fingerprint density at radius 2 is 1.39 bits per heavy atom. The van der Waals surface area contributed by atoms with Crippen molar-refractivity contribution in [2.75, 3.05) is 6.61 Å². The molecule has 0 bridgehead atoms. The highest BCUT2D eigenvalue weighted by atomic mass is 16.3. The summed E-state index contributed by atoms with van der Waals surface area (Å²) in [7, 11) is 0. The first kappa shape index (κ1) is 30.9. The second-order valence-corrected chi connectivity index (χ2v) is 7.14. The molecule has 0 amide bonds. The quantitative estimate of drug-likeness (QED) is 0.508. The molecule has 2 aromatic rings. The van der Waals surface area contributed by atoms with Gasteiger partial charge in [-0.05, 0) is 50.2 Å². The minimum atomic E-state index is 0.172. The molecule has 2 rings (SSSR count). The van der Waals surface area contributed by atoms with E-state index in [1.807, 2.05) is 41.5 Å². The van der Waals surface area contributed by atoms with Gasteiger partial charge in [-0.25, -0.2) is 4.98 Å². The normalized spacial score (nSPS) is 10.6. The van der Waals surface area contributed by atoms with Crippen LogP contribution >= 0.6 is 0 Å². The van der Waals surface area contributed by atoms with Gasteiger partial charge in [0.1, 0.15) is 0 Å². The van der Waals surface area contributed by atoms with Crippen LogP contribution in [-0.4, -0.2) is 26.7 Å². The summed E-state index contributed by atoms with van der Waals surface area (Å²) in [5.41, 5.74) is 7.22. The van der Waals surface area contributed by atoms with Crippen molar-refractivity contribution in [1.82, 2.24) is 15.0 Å². The molecule has 0 radical (unpaired) electrons. The van der Waals surface area contributed by atoms with Crippen molar-refractivity contribution < 1.29 is 5.11 Å². The van der Waals surface area contributed by atoms with E-state index in [-0.39, 0.29) is 12.5 Å². The second kappa shape index (κ2) is 17.4. The molecule has 4 nitrogen and oxygen atoms in total. The molecule has 1 atom stereocenters. The monoisotopic (exact) mass is 427 g/mol. The van der Waals surface area contributed by atoms with E-state index in [4.69, 9.17) is 15.0 Å². The van der Waals surface area contributed by atoms with Crippen molar-refractivity contribution in [1.29, 1.82) is 0 Å². The Morgan fingerprint density at radius 1 is 0.839 bits per heavy atom. The lowest BCUT2D eigenvalue weighted by Gasteiger charge is -2.16. The molecule has 0 aromatic carbocycles. The van der Waals surface area contributed by atoms with Gasteiger partial charge in [0.15, 0.2) is 0 Å². The number of nitrogens with zero attached hydrogens (tertiary/aromatic N) is 3. The zero-order valence-corrected chi connectivity index (χ0v) is 21.6. The molecule has 1 unspecified atom stereocenters. The molecule has 0 saturated heterocycles. The Labute approximate surface area is 192 Å². The van der Waals surface area contributed by atoms with Crippen LogP contribution in [0, 0.1) is 25.7 Å². The SMILES string of the molecule is C#C.CC.CC.CCc1nc(C(C)C)ccc1-c1nc(C)c(CC(C)CO)nc1CC. The number of hydrogen-bond donors (Lipinski definition) is 1. The predicted molar refractivity (Wildman–Crippen MR) is 135 cm³/mol. The highest BCUT2D eigenvalue weighted by molar-refractivity contribution is 5.65. The zero-order valence-electron chi connectivity index (χ0n) is 21.6. The number of aliphatic hydroxyl groups excluding tert-OH is 1. The van der Waals surface area contributed by atoms with E-state index in [9.17, 15) is 5.11 Å². The molecule has 2 heterocycles. The average Bonchev–Trinajstić information content (AvgIpc) is 2.83. The van der Waals surface area contributed by atoms with Gasteiger partial charge in [0.2, 0.25) is 0 Å². The molecule has 0 fully saturated rings. The summed E-state index contributed by atoms with van der Waals surface area (Å²) in [6.07, 6.45) is 10.5. The Morgan fingerprint density at radius 3 is 1.84 bits per heavy atom. The van der Waals surface area contributed by atoms with Crippen LogP contribution in [0.1, 0.15) is 96.7 Å². The van der Waals surface area contributed by atoms with Gasteiger partial charge in [-0.15, -0.1) is 12.8 Å². The number of rotatable bonds is 7. The third kappa shape index (κ3) is 9.19. The van der Waals surface area contributed by atoms with Gasteiger partial charge in [0.25, 0.3) is 0 Å². The van der Waals surface area contributed by atoms with Crippen LogP contribution in [0.25, 0.3) is 11.3 Å². The maximum Gasteiger partial charge on any atom is 0.0938 e. The average molecular weight is 428 g/mol. The topological polar surface area (TPSA) is 58.9 Å². The van der Waals surface area contributed by atoms with E-state index in [0.717, 1.165) is 59.0 Å². The maximum atomic E-state index is 9.33. The van der Waals surface area contributed by atoms with E-state index in [2.05, 4.69) is 52.7 Å². The van der Waals surface area contributed by atoms with Crippen LogP contribution in [-0.2, 0) is 19.3 Å². The molecule has 0 aliphatic carbocycles. The van der Waals surface area contributed by atoms with Crippen LogP contribution in [0.2, 0.25) is 0 Å². The zero-order chi connectivity index (χ0) is 24.6. The smallest absolute Gasteiger partial charge is 0.0938 e. The maximum absolute atomic E-state index is 9.33. The minimum absolute atomic E-state index is 0.172. The molecule has 0 aliphatic heterocycles. The van der Waals surface area contributed by atoms with Crippen LogP contribution in [0.5, 0.6) is 0 Å². The summed E-state index contributed by atoms with van der Waals surface area (Å²) in [4.78, 5) is 14.6. The van der Waals surface area contributed by atoms with Gasteiger partial charge in [0, 0.05) is 23.6 Å². The third-order valence-corrected chi connectivity index (χ3v) is 4.61. The summed E-state index contributed by atoms with van der Waals surface area (Å²) in [6, 6.07) is 4.26. The Kier molecular flexibility index (Phi) is 17.4. The van der Waals surface area contributed by atoms with Gasteiger partial charge in [-0.3, -0.25) is 9.97 Å². The fourth-order valence-electron chi connectivity index (χ4n) is 2.97. The van der Waals surface area contributed by atoms with Crippen molar-refractivity contribution in [3.8, 4) is 24.1 Å². The first-order valence-electron chi connectivity index (χ1n) is 11.7. The first-order chi connectivity index (χ1) is 14.9. The van der Waals surface area contributed by atoms with Gasteiger partial charge in [-0.1, -0.05) is 62.3 Å². The van der Waals surface area contributed by atoms with E-state index >= 15 is 0 Å². The molecule has 174 valence electrons. The lowest BCUT2D eigenvalue weighted by Crippen LogP contribution is -2.12. The van der Waals surface area contributed by atoms with Crippen molar-refractivity contribution in [2.45, 2.75) is 94.4 Å². The Balaban J connectivity index is 0. The standard InChI is InChI=1S/C21H31N3O.2C2H6.C2H2/c1-7-17-16(9-10-19(23-17)13(3)4)21-18(8-2)24-20(15(6)22-21)11-14(5)12-25;3*1-2/h9-10,13-14,25H,7-8,11-12H2,1-6H3;2*1-2H3;1-2H. The largest absolute Gasteiger partial charge is 0.396 e. The van der Waals surface area contributed by atoms with Crippen molar-refractivity contribution in [3.05, 3.63) is 40.6 Å². The number of hydrogen-bond acceptors (Lipinski definition) is 4. The van der Waals surface area contributed by atoms with Crippen LogP contribution in [0.3, 0.4) is 0 Å². The third-order valence-electron chi connectivity index (χ3n) is 4.61. The van der Waals surface area contributed by atoms with Crippen molar-refractivity contribution >= 4 is 0 Å². The van der Waals surface area contributed by atoms with E-state index in [1.165, 1.54) is 0 Å². The lowest BCUT2D eigenvalue weighted by atomic mass is 10.00. The summed E-state index contributed by atoms with van der Waals surface area (Å²) in [5, 5.41) is 9.33. The van der Waals surface area contributed by atoms with Gasteiger partial charge in [0.05, 0.1) is 22.8 Å². The van der Waals surface area contributed by atoms with E-state index in [0.29, 0.717) is 5.92 Å². The Bertz CT molecular complexity index is 767. The highest BCUT2D eigenvalue weighted by Crippen LogP contribution is 2.28. The second-order valence-electron chi connectivity index (χ2n) is 7.14. The summed E-state index contributed by atoms with van der Waals surface area (Å²) >= 11 is 0. The number of aliphatic hydroxyl groups is 1. The molecule has 2 aromatic heterocycles. The molecule has 0 saturated carbocycles. The minimum Gasteiger partial charge on any atom is -0.396 e. The molecule has 0 spiro atoms.